The first-order chi connectivity index (χ1) is 11.0. The van der Waals surface area contributed by atoms with Gasteiger partial charge < -0.3 is 4.90 Å². The largest absolute Gasteiger partial charge is 0.304 e. The van der Waals surface area contributed by atoms with Crippen LogP contribution in [0, 0.1) is 6.92 Å². The summed E-state index contributed by atoms with van der Waals surface area (Å²) < 4.78 is 1.46. The van der Waals surface area contributed by atoms with E-state index >= 15 is 0 Å². The lowest BCUT2D eigenvalue weighted by Crippen LogP contribution is -2.46. The first kappa shape index (κ1) is 15.8. The minimum atomic E-state index is -0.134. The van der Waals surface area contributed by atoms with Crippen LogP contribution in [0.25, 0.3) is 11.0 Å². The highest BCUT2D eigenvalue weighted by Crippen LogP contribution is 2.22. The molecule has 0 atom stereocenters. The van der Waals surface area contributed by atoms with E-state index in [9.17, 15) is 9.59 Å². The van der Waals surface area contributed by atoms with E-state index in [1.165, 1.54) is 11.5 Å². The fourth-order valence-electron chi connectivity index (χ4n) is 2.97. The second-order valence-electron chi connectivity index (χ2n) is 6.32. The molecule has 1 aliphatic heterocycles. The van der Waals surface area contributed by atoms with Gasteiger partial charge in [-0.15, -0.1) is 0 Å². The molecule has 1 saturated heterocycles. The molecule has 1 fully saturated rings. The van der Waals surface area contributed by atoms with Crippen LogP contribution < -0.4 is 0 Å². The van der Waals surface area contributed by atoms with Crippen LogP contribution in [0.4, 0.5) is 0 Å². The zero-order valence-corrected chi connectivity index (χ0v) is 13.9. The second-order valence-corrected chi connectivity index (χ2v) is 6.32. The van der Waals surface area contributed by atoms with Crippen LogP contribution in [0.1, 0.15) is 27.6 Å². The summed E-state index contributed by atoms with van der Waals surface area (Å²) in [6.07, 6.45) is 3.36. The zero-order chi connectivity index (χ0) is 16.6. The normalized spacial score (nSPS) is 16.8. The Morgan fingerprint density at radius 2 is 1.91 bits per heavy atom. The van der Waals surface area contributed by atoms with Gasteiger partial charge in [-0.3, -0.25) is 19.1 Å². The lowest BCUT2D eigenvalue weighted by atomic mass is 10.1. The van der Waals surface area contributed by atoms with E-state index in [1.54, 1.807) is 12.4 Å². The zero-order valence-electron chi connectivity index (χ0n) is 13.9. The number of ketones is 1. The van der Waals surface area contributed by atoms with E-state index in [1.807, 2.05) is 13.0 Å². The van der Waals surface area contributed by atoms with Crippen LogP contribution in [-0.2, 0) is 0 Å². The molecule has 0 saturated carbocycles. The lowest BCUT2D eigenvalue weighted by Gasteiger charge is -2.31. The summed E-state index contributed by atoms with van der Waals surface area (Å²) in [6, 6.07) is 1.93. The van der Waals surface area contributed by atoms with E-state index < -0.39 is 0 Å². The summed E-state index contributed by atoms with van der Waals surface area (Å²) in [7, 11) is 2.09. The third-order valence-electron chi connectivity index (χ3n) is 4.38. The summed E-state index contributed by atoms with van der Waals surface area (Å²) in [5.74, 6) is -0.0862. The smallest absolute Gasteiger partial charge is 0.229 e. The minimum absolute atomic E-state index is 0.0481. The number of fused-ring (bicyclic) bond motifs is 1. The summed E-state index contributed by atoms with van der Waals surface area (Å²) in [6.45, 7) is 7.54. The third kappa shape index (κ3) is 3.18. The van der Waals surface area contributed by atoms with Crippen molar-refractivity contribution in [1.82, 2.24) is 19.4 Å². The quantitative estimate of drug-likeness (QED) is 0.802. The first-order valence-electron chi connectivity index (χ1n) is 7.88. The highest BCUT2D eigenvalue weighted by atomic mass is 16.2. The molecule has 2 aromatic heterocycles. The van der Waals surface area contributed by atoms with Gasteiger partial charge >= 0.3 is 0 Å². The van der Waals surface area contributed by atoms with Crippen molar-refractivity contribution in [1.29, 1.82) is 0 Å². The molecule has 3 rings (SSSR count). The third-order valence-corrected chi connectivity index (χ3v) is 4.38. The molecule has 122 valence electrons. The Morgan fingerprint density at radius 3 is 2.57 bits per heavy atom. The van der Waals surface area contributed by atoms with Crippen molar-refractivity contribution in [3.05, 3.63) is 29.6 Å². The van der Waals surface area contributed by atoms with E-state index in [0.717, 1.165) is 37.1 Å². The molecule has 2 aromatic rings. The molecule has 0 spiro atoms. The van der Waals surface area contributed by atoms with Gasteiger partial charge in [-0.1, -0.05) is 0 Å². The molecule has 0 aromatic carbocycles. The van der Waals surface area contributed by atoms with Gasteiger partial charge in [0.05, 0.1) is 6.54 Å². The number of nitrogens with zero attached hydrogens (tertiary/aromatic N) is 4. The minimum Gasteiger partial charge on any atom is -0.304 e. The SMILES string of the molecule is CC(=O)n1cc(C(=O)CN2CCN(C)CC2)c2cc(C)cnc21. The van der Waals surface area contributed by atoms with Gasteiger partial charge in [-0.2, -0.15) is 0 Å². The summed E-state index contributed by atoms with van der Waals surface area (Å²) in [4.78, 5) is 33.3. The van der Waals surface area contributed by atoms with Gasteiger partial charge in [0, 0.05) is 56.4 Å². The maximum Gasteiger partial charge on any atom is 0.229 e. The Balaban J connectivity index is 1.91. The Labute approximate surface area is 135 Å². The van der Waals surface area contributed by atoms with Crippen molar-refractivity contribution in [2.45, 2.75) is 13.8 Å². The maximum absolute atomic E-state index is 12.7. The predicted molar refractivity (Wildman–Crippen MR) is 89.0 cm³/mol. The molecular weight excluding hydrogens is 292 g/mol. The number of rotatable bonds is 3. The molecule has 0 N–H and O–H groups in total. The van der Waals surface area contributed by atoms with Gasteiger partial charge in [0.25, 0.3) is 0 Å². The van der Waals surface area contributed by atoms with Gasteiger partial charge in [0.2, 0.25) is 5.91 Å². The van der Waals surface area contributed by atoms with Crippen molar-refractivity contribution < 1.29 is 9.59 Å². The number of hydrogen-bond donors (Lipinski definition) is 0. The molecule has 0 amide bonds. The average Bonchev–Trinajstić information content (AvgIpc) is 2.88. The molecule has 23 heavy (non-hydrogen) atoms. The molecule has 0 radical (unpaired) electrons. The number of Topliss-reactive ketones (excluding diaryl/α,β-unsaturated/α-hetero) is 1. The fourth-order valence-corrected chi connectivity index (χ4v) is 2.97. The molecule has 3 heterocycles. The summed E-state index contributed by atoms with van der Waals surface area (Å²) in [5.41, 5.74) is 2.13. The highest BCUT2D eigenvalue weighted by molar-refractivity contribution is 6.10. The monoisotopic (exact) mass is 314 g/mol. The van der Waals surface area contributed by atoms with Gasteiger partial charge in [0.1, 0.15) is 5.65 Å². The Kier molecular flexibility index (Phi) is 4.28. The molecule has 1 aliphatic rings. The van der Waals surface area contributed by atoms with Crippen LogP contribution >= 0.6 is 0 Å². The Morgan fingerprint density at radius 1 is 1.22 bits per heavy atom. The van der Waals surface area contributed by atoms with Crippen LogP contribution in [-0.4, -0.2) is 70.8 Å². The average molecular weight is 314 g/mol. The summed E-state index contributed by atoms with van der Waals surface area (Å²) >= 11 is 0. The Hall–Kier alpha value is -2.05. The first-order valence-corrected chi connectivity index (χ1v) is 7.88. The lowest BCUT2D eigenvalue weighted by molar-refractivity contribution is 0.0878. The number of likely N-dealkylation sites (N-methyl/N-ethyl adjacent to an activating group) is 1. The van der Waals surface area contributed by atoms with Crippen LogP contribution in [0.15, 0.2) is 18.5 Å². The Bertz CT molecular complexity index is 757. The number of aromatic nitrogens is 2. The second kappa shape index (κ2) is 6.22. The van der Waals surface area contributed by atoms with Crippen molar-refractivity contribution in [3.63, 3.8) is 0 Å². The van der Waals surface area contributed by atoms with E-state index in [-0.39, 0.29) is 11.7 Å². The molecule has 6 nitrogen and oxygen atoms in total. The number of pyridine rings is 1. The van der Waals surface area contributed by atoms with Crippen LogP contribution in [0.3, 0.4) is 0 Å². The predicted octanol–water partition coefficient (Wildman–Crippen LogP) is 1.43. The van der Waals surface area contributed by atoms with Gasteiger partial charge in [0.15, 0.2) is 5.78 Å². The van der Waals surface area contributed by atoms with E-state index in [0.29, 0.717) is 17.8 Å². The standard InChI is InChI=1S/C17H22N4O2/c1-12-8-14-15(10-21(13(2)22)17(14)18-9-12)16(23)11-20-6-4-19(3)5-7-20/h8-10H,4-7,11H2,1-3H3. The van der Waals surface area contributed by atoms with Crippen molar-refractivity contribution in [3.8, 4) is 0 Å². The topological polar surface area (TPSA) is 58.4 Å². The molecule has 6 heteroatoms. The van der Waals surface area contributed by atoms with Crippen molar-refractivity contribution in [2.75, 3.05) is 39.8 Å². The van der Waals surface area contributed by atoms with Gasteiger partial charge in [-0.05, 0) is 25.6 Å². The van der Waals surface area contributed by atoms with Crippen LogP contribution in [0.2, 0.25) is 0 Å². The summed E-state index contributed by atoms with van der Waals surface area (Å²) in [5, 5.41) is 0.763. The number of aryl methyl sites for hydroxylation is 1. The maximum atomic E-state index is 12.7. The number of carbonyl (C=O) groups is 2. The van der Waals surface area contributed by atoms with E-state index in [2.05, 4.69) is 21.8 Å². The molecular formula is C17H22N4O2. The van der Waals surface area contributed by atoms with Crippen LogP contribution in [0.5, 0.6) is 0 Å². The van der Waals surface area contributed by atoms with Crippen molar-refractivity contribution in [2.24, 2.45) is 0 Å². The van der Waals surface area contributed by atoms with Gasteiger partial charge in [-0.25, -0.2) is 4.98 Å². The highest BCUT2D eigenvalue weighted by Gasteiger charge is 2.22. The molecule has 0 bridgehead atoms. The van der Waals surface area contributed by atoms with E-state index in [4.69, 9.17) is 0 Å². The number of carbonyl (C=O) groups excluding carboxylic acids is 2. The van der Waals surface area contributed by atoms with Crippen molar-refractivity contribution >= 4 is 22.7 Å². The molecule has 0 unspecified atom stereocenters. The fraction of sp³-hybridized carbons (Fsp3) is 0.471. The molecule has 0 aliphatic carbocycles. The number of hydrogen-bond acceptors (Lipinski definition) is 5. The number of piperazine rings is 1.